The molecule has 2 aromatic rings. The van der Waals surface area contributed by atoms with Gasteiger partial charge in [-0.3, -0.25) is 4.79 Å². The van der Waals surface area contributed by atoms with Crippen LogP contribution in [0.3, 0.4) is 0 Å². The molecule has 2 aromatic carbocycles. The van der Waals surface area contributed by atoms with Crippen molar-refractivity contribution in [1.82, 2.24) is 10.6 Å². The van der Waals surface area contributed by atoms with Gasteiger partial charge in [0.1, 0.15) is 12.6 Å². The normalized spacial score (nSPS) is 11.3. The van der Waals surface area contributed by atoms with Gasteiger partial charge in [-0.2, -0.15) is 0 Å². The number of aromatic carboxylic acids is 1. The van der Waals surface area contributed by atoms with Crippen molar-refractivity contribution in [3.05, 3.63) is 71.3 Å². The summed E-state index contributed by atoms with van der Waals surface area (Å²) in [4.78, 5) is 46.1. The topological polar surface area (TPSA) is 142 Å². The van der Waals surface area contributed by atoms with Gasteiger partial charge in [-0.05, 0) is 36.1 Å². The minimum Gasteiger partial charge on any atom is -0.480 e. The number of carbonyl (C=O) groups is 4. The predicted octanol–water partition coefficient (Wildman–Crippen LogP) is 2.98. The number of hydrogen-bond donors (Lipinski definition) is 4. The van der Waals surface area contributed by atoms with Gasteiger partial charge in [0.15, 0.2) is 0 Å². The average molecular weight is 456 g/mol. The van der Waals surface area contributed by atoms with Crippen molar-refractivity contribution in [2.24, 2.45) is 0 Å². The monoisotopic (exact) mass is 456 g/mol. The van der Waals surface area contributed by atoms with Crippen LogP contribution >= 0.6 is 0 Å². The van der Waals surface area contributed by atoms with E-state index in [0.29, 0.717) is 31.4 Å². The Bertz CT molecular complexity index is 930. The average Bonchev–Trinajstić information content (AvgIpc) is 2.80. The fourth-order valence-corrected chi connectivity index (χ4v) is 3.04. The van der Waals surface area contributed by atoms with Gasteiger partial charge >= 0.3 is 18.0 Å². The molecule has 33 heavy (non-hydrogen) atoms. The molecule has 0 heterocycles. The van der Waals surface area contributed by atoms with E-state index >= 15 is 0 Å². The third kappa shape index (κ3) is 9.86. The van der Waals surface area contributed by atoms with Gasteiger partial charge in [-0.15, -0.1) is 0 Å². The van der Waals surface area contributed by atoms with Crippen LogP contribution in [-0.4, -0.2) is 46.7 Å². The predicted molar refractivity (Wildman–Crippen MR) is 120 cm³/mol. The maximum absolute atomic E-state index is 12.1. The molecule has 0 radical (unpaired) electrons. The lowest BCUT2D eigenvalue weighted by molar-refractivity contribution is -0.141. The number of benzene rings is 2. The maximum atomic E-state index is 12.1. The number of amides is 2. The lowest BCUT2D eigenvalue weighted by Gasteiger charge is -2.15. The van der Waals surface area contributed by atoms with E-state index in [1.54, 1.807) is 0 Å². The second-order valence-corrected chi connectivity index (χ2v) is 7.46. The van der Waals surface area contributed by atoms with Gasteiger partial charge in [0.05, 0.1) is 5.56 Å². The molecule has 9 nitrogen and oxygen atoms in total. The Labute approximate surface area is 191 Å². The highest BCUT2D eigenvalue weighted by atomic mass is 16.5. The molecule has 0 aliphatic carbocycles. The number of unbranched alkanes of at least 4 members (excludes halogenated alkanes) is 2. The zero-order valence-corrected chi connectivity index (χ0v) is 18.2. The Hall–Kier alpha value is -3.88. The van der Waals surface area contributed by atoms with E-state index in [4.69, 9.17) is 9.84 Å². The van der Waals surface area contributed by atoms with Crippen LogP contribution in [0.4, 0.5) is 4.79 Å². The minimum atomic E-state index is -1.16. The molecule has 0 saturated heterocycles. The number of carboxylic acids is 2. The van der Waals surface area contributed by atoms with E-state index in [1.165, 1.54) is 24.3 Å². The van der Waals surface area contributed by atoms with Gasteiger partial charge in [0.25, 0.3) is 0 Å². The van der Waals surface area contributed by atoms with E-state index in [0.717, 1.165) is 5.56 Å². The second-order valence-electron chi connectivity index (χ2n) is 7.46. The number of ether oxygens (including phenoxy) is 1. The number of aliphatic carboxylic acids is 1. The van der Waals surface area contributed by atoms with E-state index in [-0.39, 0.29) is 30.9 Å². The molecule has 0 aliphatic rings. The van der Waals surface area contributed by atoms with Crippen LogP contribution in [0, 0.1) is 0 Å². The van der Waals surface area contributed by atoms with Gasteiger partial charge < -0.3 is 25.6 Å². The molecule has 9 heteroatoms. The molecular weight excluding hydrogens is 428 g/mol. The lowest BCUT2D eigenvalue weighted by atomic mass is 10.0. The van der Waals surface area contributed by atoms with Gasteiger partial charge in [-0.1, -0.05) is 48.9 Å². The smallest absolute Gasteiger partial charge is 0.407 e. The molecule has 0 aliphatic heterocycles. The van der Waals surface area contributed by atoms with E-state index in [1.807, 2.05) is 30.3 Å². The molecule has 1 atom stereocenters. The number of hydrogen-bond acceptors (Lipinski definition) is 5. The van der Waals surface area contributed by atoms with Crippen LogP contribution in [0.2, 0.25) is 0 Å². The summed E-state index contributed by atoms with van der Waals surface area (Å²) in [5, 5.41) is 23.4. The van der Waals surface area contributed by atoms with Gasteiger partial charge in [0.2, 0.25) is 5.91 Å². The molecule has 0 saturated carbocycles. The first-order valence-corrected chi connectivity index (χ1v) is 10.6. The van der Waals surface area contributed by atoms with Crippen molar-refractivity contribution in [1.29, 1.82) is 0 Å². The summed E-state index contributed by atoms with van der Waals surface area (Å²) in [7, 11) is 0. The van der Waals surface area contributed by atoms with E-state index in [9.17, 15) is 24.3 Å². The molecule has 0 spiro atoms. The summed E-state index contributed by atoms with van der Waals surface area (Å²) in [6.45, 7) is 0.612. The zero-order chi connectivity index (χ0) is 24.1. The Morgan fingerprint density at radius 1 is 0.848 bits per heavy atom. The SMILES string of the molecule is O=C(CCCCCNC(=O)OCc1ccccc1)N[C@H](Cc1ccc(C(=O)O)cc1)C(=O)O. The quantitative estimate of drug-likeness (QED) is 0.339. The number of rotatable bonds is 13. The van der Waals surface area contributed by atoms with Gasteiger partial charge in [-0.25, -0.2) is 14.4 Å². The molecule has 176 valence electrons. The van der Waals surface area contributed by atoms with Crippen molar-refractivity contribution in [3.8, 4) is 0 Å². The van der Waals surface area contributed by atoms with Crippen molar-refractivity contribution < 1.29 is 34.1 Å². The van der Waals surface area contributed by atoms with Crippen molar-refractivity contribution in [2.75, 3.05) is 6.54 Å². The molecule has 0 unspecified atom stereocenters. The summed E-state index contributed by atoms with van der Waals surface area (Å²) in [5.74, 6) is -2.60. The third-order valence-corrected chi connectivity index (χ3v) is 4.84. The highest BCUT2D eigenvalue weighted by molar-refractivity contribution is 5.87. The summed E-state index contributed by atoms with van der Waals surface area (Å²) in [6, 6.07) is 14.1. The lowest BCUT2D eigenvalue weighted by Crippen LogP contribution is -2.42. The Morgan fingerprint density at radius 2 is 1.55 bits per heavy atom. The van der Waals surface area contributed by atoms with Crippen molar-refractivity contribution in [2.45, 2.75) is 44.8 Å². The highest BCUT2D eigenvalue weighted by Gasteiger charge is 2.20. The molecule has 2 rings (SSSR count). The van der Waals surface area contributed by atoms with Crippen LogP contribution in [0.25, 0.3) is 0 Å². The molecule has 0 aromatic heterocycles. The first-order valence-electron chi connectivity index (χ1n) is 10.6. The number of carboxylic acid groups (broad SMARTS) is 2. The summed E-state index contributed by atoms with van der Waals surface area (Å²) in [5.41, 5.74) is 1.61. The maximum Gasteiger partial charge on any atom is 0.407 e. The molecule has 0 fully saturated rings. The molecule has 0 bridgehead atoms. The first kappa shape index (κ1) is 25.4. The standard InChI is InChI=1S/C24H28N2O7/c27-21(26-20(23(30)31)15-17-10-12-19(13-11-17)22(28)29)9-5-2-6-14-25-24(32)33-16-18-7-3-1-4-8-18/h1,3-4,7-8,10-13,20H,2,5-6,9,14-16H2,(H,25,32)(H,26,27)(H,28,29)(H,30,31)/t20-/m1/s1. The van der Waals surface area contributed by atoms with E-state index < -0.39 is 24.1 Å². The summed E-state index contributed by atoms with van der Waals surface area (Å²) < 4.78 is 5.11. The molecule has 2 amide bonds. The number of nitrogens with one attached hydrogen (secondary N) is 2. The van der Waals surface area contributed by atoms with Crippen LogP contribution in [0.5, 0.6) is 0 Å². The largest absolute Gasteiger partial charge is 0.480 e. The van der Waals surface area contributed by atoms with Crippen LogP contribution in [0.15, 0.2) is 54.6 Å². The Morgan fingerprint density at radius 3 is 2.18 bits per heavy atom. The van der Waals surface area contributed by atoms with E-state index in [2.05, 4.69) is 10.6 Å². The second kappa shape index (κ2) is 13.5. The van der Waals surface area contributed by atoms with Crippen LogP contribution in [-0.2, 0) is 27.4 Å². The number of alkyl carbamates (subject to hydrolysis) is 1. The Kier molecular flexibility index (Phi) is 10.4. The van der Waals surface area contributed by atoms with Crippen molar-refractivity contribution >= 4 is 23.9 Å². The van der Waals surface area contributed by atoms with Gasteiger partial charge in [0, 0.05) is 19.4 Å². The number of carbonyl (C=O) groups excluding carboxylic acids is 2. The Balaban J connectivity index is 1.61. The third-order valence-electron chi connectivity index (χ3n) is 4.84. The van der Waals surface area contributed by atoms with Crippen molar-refractivity contribution in [3.63, 3.8) is 0 Å². The fourth-order valence-electron chi connectivity index (χ4n) is 3.04. The van der Waals surface area contributed by atoms with Crippen LogP contribution < -0.4 is 10.6 Å². The zero-order valence-electron chi connectivity index (χ0n) is 18.2. The highest BCUT2D eigenvalue weighted by Crippen LogP contribution is 2.08. The fraction of sp³-hybridized carbons (Fsp3) is 0.333. The summed E-state index contributed by atoms with van der Waals surface area (Å²) >= 11 is 0. The molecule has 4 N–H and O–H groups in total. The first-order chi connectivity index (χ1) is 15.8. The molecular formula is C24H28N2O7. The minimum absolute atomic E-state index is 0.0516. The summed E-state index contributed by atoms with van der Waals surface area (Å²) in [6.07, 6.45) is 1.60. The van der Waals surface area contributed by atoms with Crippen LogP contribution in [0.1, 0.15) is 47.2 Å².